The van der Waals surface area contributed by atoms with E-state index in [1.807, 2.05) is 13.0 Å². The molecule has 0 spiro atoms. The van der Waals surface area contributed by atoms with E-state index >= 15 is 0 Å². The fourth-order valence-corrected chi connectivity index (χ4v) is 3.01. The smallest absolute Gasteiger partial charge is 0.161 e. The standard InChI is InChI=1S/C16H20N2O2S/c1-11-10-21-16(18-11)9-17-12(2)13-4-5-14-15(8-13)20-7-3-6-19-14/h4-5,8,10,12,17H,3,6-7,9H2,1-2H3. The lowest BCUT2D eigenvalue weighted by Gasteiger charge is -2.15. The summed E-state index contributed by atoms with van der Waals surface area (Å²) in [5, 5.41) is 6.70. The van der Waals surface area contributed by atoms with Crippen molar-refractivity contribution in [2.45, 2.75) is 32.9 Å². The molecule has 4 nitrogen and oxygen atoms in total. The molecule has 112 valence electrons. The highest BCUT2D eigenvalue weighted by Gasteiger charge is 2.13. The van der Waals surface area contributed by atoms with Gasteiger partial charge in [-0.25, -0.2) is 4.98 Å². The summed E-state index contributed by atoms with van der Waals surface area (Å²) in [6, 6.07) is 6.41. The van der Waals surface area contributed by atoms with Gasteiger partial charge >= 0.3 is 0 Å². The second-order valence-corrected chi connectivity index (χ2v) is 6.18. The maximum absolute atomic E-state index is 5.74. The third-order valence-electron chi connectivity index (χ3n) is 3.50. The summed E-state index contributed by atoms with van der Waals surface area (Å²) in [6.07, 6.45) is 0.932. The number of rotatable bonds is 4. The minimum atomic E-state index is 0.242. The summed E-state index contributed by atoms with van der Waals surface area (Å²) < 4.78 is 11.4. The average molecular weight is 304 g/mol. The van der Waals surface area contributed by atoms with Gasteiger partial charge in [0.05, 0.1) is 13.2 Å². The molecule has 5 heteroatoms. The summed E-state index contributed by atoms with van der Waals surface area (Å²) in [7, 11) is 0. The number of ether oxygens (including phenoxy) is 2. The molecule has 0 fully saturated rings. The number of nitrogens with one attached hydrogen (secondary N) is 1. The molecule has 0 aliphatic carbocycles. The van der Waals surface area contributed by atoms with Crippen molar-refractivity contribution in [3.05, 3.63) is 39.8 Å². The van der Waals surface area contributed by atoms with Crippen LogP contribution in [0, 0.1) is 6.92 Å². The molecule has 1 N–H and O–H groups in total. The van der Waals surface area contributed by atoms with E-state index in [4.69, 9.17) is 9.47 Å². The average Bonchev–Trinajstić information content (AvgIpc) is 2.77. The van der Waals surface area contributed by atoms with E-state index < -0.39 is 0 Å². The minimum absolute atomic E-state index is 0.242. The Labute approximate surface area is 129 Å². The van der Waals surface area contributed by atoms with Crippen LogP contribution in [0.1, 0.15) is 35.7 Å². The summed E-state index contributed by atoms with van der Waals surface area (Å²) in [4.78, 5) is 4.47. The van der Waals surface area contributed by atoms with Crippen LogP contribution in [0.25, 0.3) is 0 Å². The predicted molar refractivity (Wildman–Crippen MR) is 84.2 cm³/mol. The van der Waals surface area contributed by atoms with E-state index in [2.05, 4.69) is 34.7 Å². The van der Waals surface area contributed by atoms with Crippen LogP contribution in [0.2, 0.25) is 0 Å². The van der Waals surface area contributed by atoms with Gasteiger partial charge in [-0.2, -0.15) is 0 Å². The summed E-state index contributed by atoms with van der Waals surface area (Å²) in [6.45, 7) is 6.40. The van der Waals surface area contributed by atoms with Gasteiger partial charge in [0.1, 0.15) is 5.01 Å². The van der Waals surface area contributed by atoms with Gasteiger partial charge in [0.25, 0.3) is 0 Å². The van der Waals surface area contributed by atoms with E-state index in [-0.39, 0.29) is 6.04 Å². The van der Waals surface area contributed by atoms with Crippen molar-refractivity contribution >= 4 is 11.3 Å². The number of hydrogen-bond acceptors (Lipinski definition) is 5. The molecule has 1 aliphatic heterocycles. The molecule has 3 rings (SSSR count). The van der Waals surface area contributed by atoms with Crippen molar-refractivity contribution in [2.75, 3.05) is 13.2 Å². The Kier molecular flexibility index (Phi) is 4.41. The Morgan fingerprint density at radius 3 is 2.86 bits per heavy atom. The highest BCUT2D eigenvalue weighted by molar-refractivity contribution is 7.09. The molecule has 2 heterocycles. The first-order valence-electron chi connectivity index (χ1n) is 7.26. The maximum atomic E-state index is 5.74. The van der Waals surface area contributed by atoms with Crippen molar-refractivity contribution in [1.29, 1.82) is 0 Å². The Bertz CT molecular complexity index is 612. The van der Waals surface area contributed by atoms with Crippen molar-refractivity contribution in [3.8, 4) is 11.5 Å². The van der Waals surface area contributed by atoms with Gasteiger partial charge in [0.15, 0.2) is 11.5 Å². The van der Waals surface area contributed by atoms with Crippen LogP contribution in [0.15, 0.2) is 23.6 Å². The molecule has 1 atom stereocenters. The monoisotopic (exact) mass is 304 g/mol. The van der Waals surface area contributed by atoms with Gasteiger partial charge < -0.3 is 14.8 Å². The number of thiazole rings is 1. The fraction of sp³-hybridized carbons (Fsp3) is 0.438. The zero-order valence-electron chi connectivity index (χ0n) is 12.4. The quantitative estimate of drug-likeness (QED) is 0.939. The largest absolute Gasteiger partial charge is 0.490 e. The highest BCUT2D eigenvalue weighted by atomic mass is 32.1. The number of fused-ring (bicyclic) bond motifs is 1. The van der Waals surface area contributed by atoms with E-state index in [0.29, 0.717) is 0 Å². The molecule has 2 aromatic rings. The third kappa shape index (κ3) is 3.54. The van der Waals surface area contributed by atoms with E-state index in [1.54, 1.807) is 11.3 Å². The van der Waals surface area contributed by atoms with Gasteiger partial charge in [-0.1, -0.05) is 6.07 Å². The number of hydrogen-bond donors (Lipinski definition) is 1. The van der Waals surface area contributed by atoms with Crippen LogP contribution >= 0.6 is 11.3 Å². The van der Waals surface area contributed by atoms with Gasteiger partial charge in [-0.05, 0) is 31.5 Å². The number of aryl methyl sites for hydroxylation is 1. The fourth-order valence-electron chi connectivity index (χ4n) is 2.29. The van der Waals surface area contributed by atoms with Crippen LogP contribution in [0.4, 0.5) is 0 Å². The Balaban J connectivity index is 1.66. The Morgan fingerprint density at radius 2 is 2.10 bits per heavy atom. The highest BCUT2D eigenvalue weighted by Crippen LogP contribution is 2.32. The summed E-state index contributed by atoms with van der Waals surface area (Å²) in [5.74, 6) is 1.70. The molecule has 1 aromatic carbocycles. The predicted octanol–water partition coefficient (Wildman–Crippen LogP) is 3.46. The third-order valence-corrected chi connectivity index (χ3v) is 4.46. The van der Waals surface area contributed by atoms with Crippen LogP contribution in [0.5, 0.6) is 11.5 Å². The van der Waals surface area contributed by atoms with Crippen molar-refractivity contribution in [3.63, 3.8) is 0 Å². The lowest BCUT2D eigenvalue weighted by molar-refractivity contribution is 0.297. The zero-order valence-corrected chi connectivity index (χ0v) is 13.2. The number of benzene rings is 1. The SMILES string of the molecule is Cc1csc(CNC(C)c2ccc3c(c2)OCCCO3)n1. The first kappa shape index (κ1) is 14.4. The number of aromatic nitrogens is 1. The van der Waals surface area contributed by atoms with E-state index in [9.17, 15) is 0 Å². The van der Waals surface area contributed by atoms with E-state index in [0.717, 1.165) is 48.4 Å². The molecule has 0 saturated carbocycles. The summed E-state index contributed by atoms with van der Waals surface area (Å²) >= 11 is 1.69. The molecule has 0 saturated heterocycles. The molecule has 21 heavy (non-hydrogen) atoms. The van der Waals surface area contributed by atoms with Crippen LogP contribution in [-0.2, 0) is 6.54 Å². The van der Waals surface area contributed by atoms with Crippen molar-refractivity contribution in [1.82, 2.24) is 10.3 Å². The Hall–Kier alpha value is -1.59. The second kappa shape index (κ2) is 6.45. The van der Waals surface area contributed by atoms with E-state index in [1.165, 1.54) is 5.56 Å². The van der Waals surface area contributed by atoms with Crippen molar-refractivity contribution in [2.24, 2.45) is 0 Å². The first-order chi connectivity index (χ1) is 10.2. The van der Waals surface area contributed by atoms with Gasteiger partial charge in [-0.15, -0.1) is 11.3 Å². The molecular weight excluding hydrogens is 284 g/mol. The number of nitrogens with zero attached hydrogens (tertiary/aromatic N) is 1. The molecule has 1 aromatic heterocycles. The molecule has 0 radical (unpaired) electrons. The molecule has 1 unspecified atom stereocenters. The van der Waals surface area contributed by atoms with Gasteiger partial charge in [-0.3, -0.25) is 0 Å². The lowest BCUT2D eigenvalue weighted by atomic mass is 10.1. The minimum Gasteiger partial charge on any atom is -0.490 e. The van der Waals surface area contributed by atoms with Gasteiger partial charge in [0, 0.05) is 30.1 Å². The van der Waals surface area contributed by atoms with Gasteiger partial charge in [0.2, 0.25) is 0 Å². The second-order valence-electron chi connectivity index (χ2n) is 5.24. The summed E-state index contributed by atoms with van der Waals surface area (Å²) in [5.41, 5.74) is 2.28. The van der Waals surface area contributed by atoms with Crippen LogP contribution in [-0.4, -0.2) is 18.2 Å². The topological polar surface area (TPSA) is 43.4 Å². The maximum Gasteiger partial charge on any atom is 0.161 e. The van der Waals surface area contributed by atoms with Crippen LogP contribution < -0.4 is 14.8 Å². The van der Waals surface area contributed by atoms with Crippen molar-refractivity contribution < 1.29 is 9.47 Å². The zero-order chi connectivity index (χ0) is 14.7. The van der Waals surface area contributed by atoms with Crippen LogP contribution in [0.3, 0.4) is 0 Å². The molecule has 0 amide bonds. The molecular formula is C16H20N2O2S. The normalized spacial score (nSPS) is 15.5. The Morgan fingerprint density at radius 1 is 1.29 bits per heavy atom. The molecule has 0 bridgehead atoms. The lowest BCUT2D eigenvalue weighted by Crippen LogP contribution is -2.18. The first-order valence-corrected chi connectivity index (χ1v) is 8.14. The molecule has 1 aliphatic rings.